The van der Waals surface area contributed by atoms with Crippen LogP contribution in [-0.4, -0.2) is 18.3 Å². The number of thiophene rings is 1. The van der Waals surface area contributed by atoms with Gasteiger partial charge in [0.05, 0.1) is 13.0 Å². The van der Waals surface area contributed by atoms with Crippen molar-refractivity contribution in [1.29, 1.82) is 0 Å². The molecule has 13 heavy (non-hydrogen) atoms. The van der Waals surface area contributed by atoms with Gasteiger partial charge in [0.25, 0.3) is 0 Å². The Morgan fingerprint density at radius 2 is 2.46 bits per heavy atom. The van der Waals surface area contributed by atoms with Crippen LogP contribution < -0.4 is 0 Å². The molecular weight excluding hydrogens is 204 g/mol. The Morgan fingerprint density at radius 3 is 3.08 bits per heavy atom. The van der Waals surface area contributed by atoms with Crippen LogP contribution in [0, 0.1) is 0 Å². The summed E-state index contributed by atoms with van der Waals surface area (Å²) in [5.74, 6) is 0.393. The first-order valence-electron chi connectivity index (χ1n) is 4.12. The molecule has 0 aromatic carbocycles. The fourth-order valence-corrected chi connectivity index (χ4v) is 1.76. The van der Waals surface area contributed by atoms with Crippen LogP contribution in [0.1, 0.15) is 11.3 Å². The van der Waals surface area contributed by atoms with Gasteiger partial charge in [-0.2, -0.15) is 12.6 Å². The quantitative estimate of drug-likeness (QED) is 0.603. The number of ether oxygens (including phenoxy) is 1. The van der Waals surface area contributed by atoms with Gasteiger partial charge in [-0.1, -0.05) is 6.07 Å². The molecule has 0 bridgehead atoms. The molecular formula is C9H12O2S2. The van der Waals surface area contributed by atoms with Crippen molar-refractivity contribution in [3.8, 4) is 0 Å². The Bertz CT molecular complexity index is 244. The van der Waals surface area contributed by atoms with Gasteiger partial charge in [-0.05, 0) is 11.4 Å². The summed E-state index contributed by atoms with van der Waals surface area (Å²) in [6, 6.07) is 4.03. The molecule has 72 valence electrons. The van der Waals surface area contributed by atoms with Gasteiger partial charge < -0.3 is 4.74 Å². The van der Waals surface area contributed by atoms with Crippen molar-refractivity contribution in [1.82, 2.24) is 0 Å². The molecule has 0 aliphatic rings. The van der Waals surface area contributed by atoms with Crippen LogP contribution in [0.5, 0.6) is 0 Å². The topological polar surface area (TPSA) is 26.3 Å². The van der Waals surface area contributed by atoms with Gasteiger partial charge >= 0.3 is 5.97 Å². The lowest BCUT2D eigenvalue weighted by Crippen LogP contribution is -2.07. The van der Waals surface area contributed by atoms with Crippen molar-refractivity contribution in [2.45, 2.75) is 12.8 Å². The fourth-order valence-electron chi connectivity index (χ4n) is 0.884. The Hall–Kier alpha value is -0.480. The molecule has 0 fully saturated rings. The van der Waals surface area contributed by atoms with Crippen molar-refractivity contribution in [3.63, 3.8) is 0 Å². The van der Waals surface area contributed by atoms with Crippen LogP contribution >= 0.6 is 24.0 Å². The molecule has 4 heteroatoms. The summed E-state index contributed by atoms with van der Waals surface area (Å²) in [5, 5.41) is 2.02. The van der Waals surface area contributed by atoms with E-state index in [4.69, 9.17) is 4.74 Å². The van der Waals surface area contributed by atoms with Crippen molar-refractivity contribution in [2.24, 2.45) is 0 Å². The molecule has 1 aromatic heterocycles. The first-order valence-corrected chi connectivity index (χ1v) is 5.63. The second-order valence-corrected chi connectivity index (χ2v) is 4.00. The van der Waals surface area contributed by atoms with E-state index in [0.29, 0.717) is 18.8 Å². The molecule has 0 spiro atoms. The molecule has 0 aliphatic carbocycles. The molecule has 1 rings (SSSR count). The third kappa shape index (κ3) is 4.33. The first kappa shape index (κ1) is 10.6. The van der Waals surface area contributed by atoms with Crippen LogP contribution in [0.15, 0.2) is 17.5 Å². The summed E-state index contributed by atoms with van der Waals surface area (Å²) in [5.41, 5.74) is 0. The summed E-state index contributed by atoms with van der Waals surface area (Å²) in [7, 11) is 0. The molecule has 0 atom stereocenters. The number of carbonyl (C=O) groups is 1. The monoisotopic (exact) mass is 216 g/mol. The Morgan fingerprint density at radius 1 is 1.62 bits per heavy atom. The first-order chi connectivity index (χ1) is 6.33. The van der Waals surface area contributed by atoms with E-state index in [1.54, 1.807) is 11.3 Å². The lowest BCUT2D eigenvalue weighted by molar-refractivity contribution is -0.142. The van der Waals surface area contributed by atoms with Crippen molar-refractivity contribution >= 4 is 29.9 Å². The molecule has 2 nitrogen and oxygen atoms in total. The molecule has 1 aromatic rings. The van der Waals surface area contributed by atoms with E-state index in [0.717, 1.165) is 6.42 Å². The number of carbonyl (C=O) groups excluding carboxylic acids is 1. The smallest absolute Gasteiger partial charge is 0.306 e. The van der Waals surface area contributed by atoms with Crippen molar-refractivity contribution < 1.29 is 9.53 Å². The Labute approximate surface area is 87.3 Å². The highest BCUT2D eigenvalue weighted by molar-refractivity contribution is 7.80. The normalized spacial score (nSPS) is 9.92. The molecule has 0 amide bonds. The summed E-state index contributed by atoms with van der Waals surface area (Å²) >= 11 is 5.62. The van der Waals surface area contributed by atoms with Crippen molar-refractivity contribution in [3.05, 3.63) is 22.4 Å². The lowest BCUT2D eigenvalue weighted by Gasteiger charge is -2.01. The van der Waals surface area contributed by atoms with E-state index >= 15 is 0 Å². The minimum atomic E-state index is -0.161. The highest BCUT2D eigenvalue weighted by Crippen LogP contribution is 2.08. The summed E-state index contributed by atoms with van der Waals surface area (Å²) in [6.07, 6.45) is 1.21. The Balaban J connectivity index is 2.11. The highest BCUT2D eigenvalue weighted by atomic mass is 32.1. The van der Waals surface area contributed by atoms with Crippen LogP contribution in [0.2, 0.25) is 0 Å². The lowest BCUT2D eigenvalue weighted by atomic mass is 10.4. The van der Waals surface area contributed by atoms with Crippen LogP contribution in [0.25, 0.3) is 0 Å². The maximum Gasteiger partial charge on any atom is 0.306 e. The van der Waals surface area contributed by atoms with Crippen LogP contribution in [0.3, 0.4) is 0 Å². The zero-order valence-corrected chi connectivity index (χ0v) is 8.94. The highest BCUT2D eigenvalue weighted by Gasteiger charge is 2.00. The standard InChI is InChI=1S/C9H12O2S2/c10-9(4-6-12)11-5-3-8-2-1-7-13-8/h1-2,7,12H,3-6H2. The van der Waals surface area contributed by atoms with Gasteiger partial charge in [-0.25, -0.2) is 0 Å². The number of hydrogen-bond donors (Lipinski definition) is 1. The molecule has 0 aliphatic heterocycles. The molecule has 0 unspecified atom stereocenters. The second kappa shape index (κ2) is 6.05. The van der Waals surface area contributed by atoms with E-state index in [2.05, 4.69) is 12.6 Å². The van der Waals surface area contributed by atoms with Gasteiger partial charge in [0, 0.05) is 17.1 Å². The molecule has 0 N–H and O–H groups in total. The zero-order chi connectivity index (χ0) is 9.52. The van der Waals surface area contributed by atoms with Gasteiger partial charge in [0.15, 0.2) is 0 Å². The van der Waals surface area contributed by atoms with E-state index in [1.165, 1.54) is 4.88 Å². The second-order valence-electron chi connectivity index (χ2n) is 2.52. The summed E-state index contributed by atoms with van der Waals surface area (Å²) in [6.45, 7) is 0.479. The molecule has 1 heterocycles. The molecule has 0 saturated carbocycles. The predicted molar refractivity (Wildman–Crippen MR) is 57.5 cm³/mol. The minimum absolute atomic E-state index is 0.161. The van der Waals surface area contributed by atoms with Crippen LogP contribution in [-0.2, 0) is 16.0 Å². The third-order valence-corrected chi connectivity index (χ3v) is 2.67. The van der Waals surface area contributed by atoms with E-state index in [9.17, 15) is 4.79 Å². The van der Waals surface area contributed by atoms with Crippen LogP contribution in [0.4, 0.5) is 0 Å². The van der Waals surface area contributed by atoms with Gasteiger partial charge in [-0.15, -0.1) is 11.3 Å². The van der Waals surface area contributed by atoms with Gasteiger partial charge in [0.1, 0.15) is 0 Å². The van der Waals surface area contributed by atoms with Gasteiger partial charge in [-0.3, -0.25) is 4.79 Å². The maximum atomic E-state index is 10.9. The number of thiol groups is 1. The zero-order valence-electron chi connectivity index (χ0n) is 7.23. The maximum absolute atomic E-state index is 10.9. The Kier molecular flexibility index (Phi) is 4.93. The molecule has 0 radical (unpaired) electrons. The largest absolute Gasteiger partial charge is 0.465 e. The number of rotatable bonds is 5. The average Bonchev–Trinajstić information content (AvgIpc) is 2.57. The summed E-state index contributed by atoms with van der Waals surface area (Å²) in [4.78, 5) is 12.2. The molecule has 0 saturated heterocycles. The van der Waals surface area contributed by atoms with Gasteiger partial charge in [0.2, 0.25) is 0 Å². The minimum Gasteiger partial charge on any atom is -0.465 e. The van der Waals surface area contributed by atoms with E-state index in [1.807, 2.05) is 17.5 Å². The SMILES string of the molecule is O=C(CCS)OCCc1cccs1. The van der Waals surface area contributed by atoms with E-state index < -0.39 is 0 Å². The van der Waals surface area contributed by atoms with Crippen molar-refractivity contribution in [2.75, 3.05) is 12.4 Å². The number of esters is 1. The number of hydrogen-bond acceptors (Lipinski definition) is 4. The predicted octanol–water partition coefficient (Wildman–Crippen LogP) is 2.15. The average molecular weight is 216 g/mol. The third-order valence-electron chi connectivity index (χ3n) is 1.51. The summed E-state index contributed by atoms with van der Waals surface area (Å²) < 4.78 is 4.97. The van der Waals surface area contributed by atoms with E-state index in [-0.39, 0.29) is 5.97 Å². The fraction of sp³-hybridized carbons (Fsp3) is 0.444.